The summed E-state index contributed by atoms with van der Waals surface area (Å²) in [5, 5.41) is 4.27. The zero-order chi connectivity index (χ0) is 23.0. The molecule has 1 aliphatic rings. The third kappa shape index (κ3) is 4.36. The SMILES string of the molecule is CN(C)CC1(COc2cc(Br)cc3ncnc(Nc4ccc5ncccc5c4F)c23)COC1. The number of pyridine rings is 1. The van der Waals surface area contributed by atoms with E-state index in [0.717, 1.165) is 11.0 Å². The number of hydrogen-bond donors (Lipinski definition) is 1. The highest BCUT2D eigenvalue weighted by Gasteiger charge is 2.40. The zero-order valence-corrected chi connectivity index (χ0v) is 19.9. The Hall–Kier alpha value is -2.88. The van der Waals surface area contributed by atoms with Gasteiger partial charge in [-0.15, -0.1) is 0 Å². The van der Waals surface area contributed by atoms with Crippen molar-refractivity contribution in [2.45, 2.75) is 0 Å². The van der Waals surface area contributed by atoms with Crippen LogP contribution in [-0.2, 0) is 4.74 Å². The summed E-state index contributed by atoms with van der Waals surface area (Å²) in [7, 11) is 4.08. The molecule has 170 valence electrons. The molecule has 0 saturated carbocycles. The lowest BCUT2D eigenvalue weighted by molar-refractivity contribution is -0.139. The van der Waals surface area contributed by atoms with E-state index in [9.17, 15) is 0 Å². The van der Waals surface area contributed by atoms with Gasteiger partial charge in [0.25, 0.3) is 0 Å². The predicted molar refractivity (Wildman–Crippen MR) is 130 cm³/mol. The molecule has 1 saturated heterocycles. The molecule has 5 rings (SSSR count). The summed E-state index contributed by atoms with van der Waals surface area (Å²) in [6.45, 7) is 2.64. The second-order valence-corrected chi connectivity index (χ2v) is 9.58. The molecule has 3 heterocycles. The Morgan fingerprint density at radius 3 is 2.76 bits per heavy atom. The van der Waals surface area contributed by atoms with Crippen LogP contribution in [0.25, 0.3) is 21.8 Å². The van der Waals surface area contributed by atoms with Crippen LogP contribution >= 0.6 is 15.9 Å². The molecule has 0 spiro atoms. The van der Waals surface area contributed by atoms with Crippen molar-refractivity contribution in [2.24, 2.45) is 5.41 Å². The molecule has 0 atom stereocenters. The van der Waals surface area contributed by atoms with E-state index in [1.54, 1.807) is 30.5 Å². The number of rotatable bonds is 7. The molecular formula is C24H23BrFN5O2. The maximum atomic E-state index is 15.2. The number of fused-ring (bicyclic) bond motifs is 2. The van der Waals surface area contributed by atoms with Crippen molar-refractivity contribution in [2.75, 3.05) is 45.8 Å². The number of anilines is 2. The second-order valence-electron chi connectivity index (χ2n) is 8.66. The molecule has 2 aromatic heterocycles. The van der Waals surface area contributed by atoms with Crippen molar-refractivity contribution in [3.8, 4) is 5.75 Å². The molecule has 33 heavy (non-hydrogen) atoms. The van der Waals surface area contributed by atoms with Gasteiger partial charge in [0.05, 0.1) is 47.3 Å². The smallest absolute Gasteiger partial charge is 0.156 e. The third-order valence-corrected chi connectivity index (χ3v) is 6.10. The van der Waals surface area contributed by atoms with E-state index in [-0.39, 0.29) is 11.2 Å². The van der Waals surface area contributed by atoms with Crippen molar-refractivity contribution in [1.29, 1.82) is 0 Å². The lowest BCUT2D eigenvalue weighted by Crippen LogP contribution is -2.53. The van der Waals surface area contributed by atoms with Gasteiger partial charge in [-0.3, -0.25) is 4.98 Å². The van der Waals surface area contributed by atoms with Gasteiger partial charge in [0, 0.05) is 22.6 Å². The summed E-state index contributed by atoms with van der Waals surface area (Å²) < 4.78 is 27.8. The van der Waals surface area contributed by atoms with Gasteiger partial charge in [0.1, 0.15) is 17.9 Å². The van der Waals surface area contributed by atoms with Crippen molar-refractivity contribution < 1.29 is 13.9 Å². The summed E-state index contributed by atoms with van der Waals surface area (Å²) in [6, 6.07) is 10.6. The first kappa shape index (κ1) is 21.9. The fraction of sp³-hybridized carbons (Fsp3) is 0.292. The standard InChI is InChI=1S/C24H23BrFN5O2/c1-31(2)10-24(11-32-12-24)13-33-20-9-15(25)8-19-21(20)23(29-14-28-19)30-18-6-5-17-16(22(18)26)4-3-7-27-17/h3-9,14H,10-13H2,1-2H3,(H,28,29,30). The van der Waals surface area contributed by atoms with Crippen LogP contribution in [0.3, 0.4) is 0 Å². The number of ether oxygens (including phenoxy) is 2. The number of hydrogen-bond acceptors (Lipinski definition) is 7. The minimum absolute atomic E-state index is 0.0706. The molecule has 1 N–H and O–H groups in total. The molecule has 2 aromatic carbocycles. The number of nitrogens with one attached hydrogen (secondary N) is 1. The van der Waals surface area contributed by atoms with Gasteiger partial charge in [-0.25, -0.2) is 14.4 Å². The number of benzene rings is 2. The Bertz CT molecular complexity index is 1330. The predicted octanol–water partition coefficient (Wildman–Crippen LogP) is 4.78. The molecule has 1 fully saturated rings. The molecule has 9 heteroatoms. The van der Waals surface area contributed by atoms with Crippen LogP contribution in [0, 0.1) is 11.2 Å². The first-order chi connectivity index (χ1) is 15.9. The Balaban J connectivity index is 1.52. The first-order valence-corrected chi connectivity index (χ1v) is 11.3. The molecular weight excluding hydrogens is 489 g/mol. The maximum Gasteiger partial charge on any atom is 0.156 e. The average molecular weight is 512 g/mol. The Morgan fingerprint density at radius 2 is 2.00 bits per heavy atom. The van der Waals surface area contributed by atoms with Crippen LogP contribution in [-0.4, -0.2) is 60.3 Å². The van der Waals surface area contributed by atoms with Gasteiger partial charge in [0.2, 0.25) is 0 Å². The summed E-state index contributed by atoms with van der Waals surface area (Å²) in [5.74, 6) is 0.704. The van der Waals surface area contributed by atoms with Gasteiger partial charge in [-0.2, -0.15) is 0 Å². The molecule has 0 amide bonds. The van der Waals surface area contributed by atoms with Crippen molar-refractivity contribution in [3.63, 3.8) is 0 Å². The summed E-state index contributed by atoms with van der Waals surface area (Å²) >= 11 is 3.54. The zero-order valence-electron chi connectivity index (χ0n) is 18.3. The Labute approximate surface area is 199 Å². The van der Waals surface area contributed by atoms with Gasteiger partial charge in [-0.1, -0.05) is 15.9 Å². The summed E-state index contributed by atoms with van der Waals surface area (Å²) in [6.07, 6.45) is 3.10. The van der Waals surface area contributed by atoms with Crippen LogP contribution in [0.1, 0.15) is 0 Å². The highest BCUT2D eigenvalue weighted by atomic mass is 79.9. The van der Waals surface area contributed by atoms with Gasteiger partial charge in [-0.05, 0) is 50.5 Å². The fourth-order valence-electron chi connectivity index (χ4n) is 4.18. The van der Waals surface area contributed by atoms with Crippen LogP contribution in [0.2, 0.25) is 0 Å². The van der Waals surface area contributed by atoms with E-state index in [0.29, 0.717) is 58.9 Å². The van der Waals surface area contributed by atoms with E-state index in [2.05, 4.69) is 41.1 Å². The summed E-state index contributed by atoms with van der Waals surface area (Å²) in [5.41, 5.74) is 1.51. The summed E-state index contributed by atoms with van der Waals surface area (Å²) in [4.78, 5) is 15.2. The number of nitrogens with zero attached hydrogens (tertiary/aromatic N) is 4. The van der Waals surface area contributed by atoms with Crippen molar-refractivity contribution in [1.82, 2.24) is 19.9 Å². The minimum Gasteiger partial charge on any atom is -0.492 e. The van der Waals surface area contributed by atoms with Crippen LogP contribution in [0.4, 0.5) is 15.9 Å². The average Bonchev–Trinajstić information content (AvgIpc) is 2.77. The van der Waals surface area contributed by atoms with Gasteiger partial charge in [0.15, 0.2) is 5.82 Å². The van der Waals surface area contributed by atoms with Crippen LogP contribution in [0.5, 0.6) is 5.75 Å². The van der Waals surface area contributed by atoms with Crippen LogP contribution < -0.4 is 10.1 Å². The number of halogens is 2. The molecule has 0 unspecified atom stereocenters. The lowest BCUT2D eigenvalue weighted by Gasteiger charge is -2.42. The second kappa shape index (κ2) is 8.81. The Kier molecular flexibility index (Phi) is 5.86. The fourth-order valence-corrected chi connectivity index (χ4v) is 4.61. The monoisotopic (exact) mass is 511 g/mol. The Morgan fingerprint density at radius 1 is 1.15 bits per heavy atom. The van der Waals surface area contributed by atoms with Crippen LogP contribution in [0.15, 0.2) is 53.4 Å². The van der Waals surface area contributed by atoms with Crippen molar-refractivity contribution in [3.05, 3.63) is 59.2 Å². The molecule has 0 radical (unpaired) electrons. The topological polar surface area (TPSA) is 72.4 Å². The minimum atomic E-state index is -0.386. The largest absolute Gasteiger partial charge is 0.492 e. The first-order valence-electron chi connectivity index (χ1n) is 10.5. The molecule has 7 nitrogen and oxygen atoms in total. The van der Waals surface area contributed by atoms with E-state index < -0.39 is 0 Å². The van der Waals surface area contributed by atoms with E-state index >= 15 is 4.39 Å². The highest BCUT2D eigenvalue weighted by molar-refractivity contribution is 9.10. The van der Waals surface area contributed by atoms with Gasteiger partial charge >= 0.3 is 0 Å². The van der Waals surface area contributed by atoms with E-state index in [4.69, 9.17) is 9.47 Å². The van der Waals surface area contributed by atoms with E-state index in [1.165, 1.54) is 6.33 Å². The highest BCUT2D eigenvalue weighted by Crippen LogP contribution is 2.37. The third-order valence-electron chi connectivity index (χ3n) is 5.64. The van der Waals surface area contributed by atoms with E-state index in [1.807, 2.05) is 26.2 Å². The van der Waals surface area contributed by atoms with Crippen molar-refractivity contribution >= 4 is 49.2 Å². The maximum absolute atomic E-state index is 15.2. The lowest BCUT2D eigenvalue weighted by atomic mass is 9.86. The molecule has 1 aliphatic heterocycles. The number of aromatic nitrogens is 3. The molecule has 0 aliphatic carbocycles. The molecule has 0 bridgehead atoms. The van der Waals surface area contributed by atoms with Gasteiger partial charge < -0.3 is 19.7 Å². The molecule has 4 aromatic rings. The normalized spacial score (nSPS) is 15.1. The quantitative estimate of drug-likeness (QED) is 0.382.